The molecule has 1 aliphatic carbocycles. The Morgan fingerprint density at radius 2 is 1.88 bits per heavy atom. The maximum absolute atomic E-state index is 12.6. The lowest BCUT2D eigenvalue weighted by Crippen LogP contribution is -2.45. The maximum atomic E-state index is 12.6. The standard InChI is InChI=1S/C18H21N5O2S/c24-15(20-17-22-21-16(26-17)12-8-9-12)13-5-4-10-23(11-13)18(25)19-14-6-2-1-3-7-14/h1-3,6-7,12-13H,4-5,8-11H2,(H,19,25)(H,20,22,24). The second-order valence-corrected chi connectivity index (χ2v) is 7.80. The Kier molecular flexibility index (Phi) is 4.83. The maximum Gasteiger partial charge on any atom is 0.321 e. The molecule has 0 bridgehead atoms. The molecule has 1 atom stereocenters. The van der Waals surface area contributed by atoms with Crippen LogP contribution in [0.5, 0.6) is 0 Å². The zero-order valence-corrected chi connectivity index (χ0v) is 15.2. The summed E-state index contributed by atoms with van der Waals surface area (Å²) in [7, 11) is 0. The molecule has 1 saturated carbocycles. The highest BCUT2D eigenvalue weighted by atomic mass is 32.1. The third-order valence-electron chi connectivity index (χ3n) is 4.70. The number of likely N-dealkylation sites (tertiary alicyclic amines) is 1. The van der Waals surface area contributed by atoms with Gasteiger partial charge in [0.2, 0.25) is 11.0 Å². The predicted molar refractivity (Wildman–Crippen MR) is 100 cm³/mol. The van der Waals surface area contributed by atoms with E-state index in [4.69, 9.17) is 0 Å². The summed E-state index contributed by atoms with van der Waals surface area (Å²) in [6, 6.07) is 9.18. The molecule has 2 aromatic rings. The van der Waals surface area contributed by atoms with E-state index in [0.29, 0.717) is 24.1 Å². The fraction of sp³-hybridized carbons (Fsp3) is 0.444. The van der Waals surface area contributed by atoms with Gasteiger partial charge in [-0.1, -0.05) is 29.5 Å². The molecule has 1 unspecified atom stereocenters. The van der Waals surface area contributed by atoms with E-state index in [0.717, 1.165) is 36.4 Å². The number of benzene rings is 1. The van der Waals surface area contributed by atoms with Gasteiger partial charge in [-0.05, 0) is 37.8 Å². The lowest BCUT2D eigenvalue weighted by Gasteiger charge is -2.31. The molecule has 0 spiro atoms. The first-order valence-electron chi connectivity index (χ1n) is 8.94. The molecule has 4 rings (SSSR count). The molecular formula is C18H21N5O2S. The minimum atomic E-state index is -0.224. The minimum absolute atomic E-state index is 0.0827. The molecule has 136 valence electrons. The van der Waals surface area contributed by atoms with Crippen LogP contribution in [0.25, 0.3) is 0 Å². The fourth-order valence-corrected chi connectivity index (χ4v) is 4.00. The van der Waals surface area contributed by atoms with Gasteiger partial charge in [0.05, 0.1) is 5.92 Å². The van der Waals surface area contributed by atoms with Crippen molar-refractivity contribution in [3.8, 4) is 0 Å². The van der Waals surface area contributed by atoms with Gasteiger partial charge in [-0.3, -0.25) is 4.79 Å². The first kappa shape index (κ1) is 17.0. The Morgan fingerprint density at radius 3 is 2.65 bits per heavy atom. The summed E-state index contributed by atoms with van der Waals surface area (Å²) in [6.07, 6.45) is 3.91. The number of amides is 3. The number of nitrogens with zero attached hydrogens (tertiary/aromatic N) is 3. The number of hydrogen-bond donors (Lipinski definition) is 2. The molecule has 26 heavy (non-hydrogen) atoms. The van der Waals surface area contributed by atoms with Crippen molar-refractivity contribution < 1.29 is 9.59 Å². The van der Waals surface area contributed by atoms with Crippen molar-refractivity contribution in [2.75, 3.05) is 23.7 Å². The van der Waals surface area contributed by atoms with E-state index in [-0.39, 0.29) is 17.9 Å². The van der Waals surface area contributed by atoms with Crippen molar-refractivity contribution in [1.82, 2.24) is 15.1 Å². The van der Waals surface area contributed by atoms with E-state index >= 15 is 0 Å². The van der Waals surface area contributed by atoms with Crippen LogP contribution in [0.15, 0.2) is 30.3 Å². The van der Waals surface area contributed by atoms with Crippen molar-refractivity contribution >= 4 is 34.1 Å². The number of para-hydroxylation sites is 1. The highest BCUT2D eigenvalue weighted by molar-refractivity contribution is 7.15. The predicted octanol–water partition coefficient (Wildman–Crippen LogP) is 3.30. The lowest BCUT2D eigenvalue weighted by molar-refractivity contribution is -0.121. The summed E-state index contributed by atoms with van der Waals surface area (Å²) in [5, 5.41) is 15.5. The van der Waals surface area contributed by atoms with E-state index in [1.807, 2.05) is 30.3 Å². The number of urea groups is 1. The molecule has 2 fully saturated rings. The van der Waals surface area contributed by atoms with Gasteiger partial charge in [0.25, 0.3) is 0 Å². The molecule has 3 amide bonds. The molecule has 1 aliphatic heterocycles. The SMILES string of the molecule is O=C(Nc1nnc(C2CC2)s1)C1CCCN(C(=O)Nc2ccccc2)C1. The zero-order valence-electron chi connectivity index (χ0n) is 14.4. The Balaban J connectivity index is 1.33. The zero-order chi connectivity index (χ0) is 17.9. The molecule has 0 radical (unpaired) electrons. The summed E-state index contributed by atoms with van der Waals surface area (Å²) >= 11 is 1.46. The van der Waals surface area contributed by atoms with Crippen molar-refractivity contribution in [3.63, 3.8) is 0 Å². The summed E-state index contributed by atoms with van der Waals surface area (Å²) in [6.45, 7) is 1.08. The molecule has 8 heteroatoms. The number of rotatable bonds is 4. The topological polar surface area (TPSA) is 87.2 Å². The molecule has 7 nitrogen and oxygen atoms in total. The average Bonchev–Trinajstić information content (AvgIpc) is 3.42. The molecule has 2 heterocycles. The summed E-state index contributed by atoms with van der Waals surface area (Å²) in [5.74, 6) is 0.226. The van der Waals surface area contributed by atoms with Crippen LogP contribution in [0.4, 0.5) is 15.6 Å². The first-order chi connectivity index (χ1) is 12.7. The average molecular weight is 371 g/mol. The fourth-order valence-electron chi connectivity index (χ4n) is 3.09. The van der Waals surface area contributed by atoms with E-state index in [9.17, 15) is 9.59 Å². The number of piperidine rings is 1. The van der Waals surface area contributed by atoms with Crippen molar-refractivity contribution in [3.05, 3.63) is 35.3 Å². The van der Waals surface area contributed by atoms with Crippen LogP contribution >= 0.6 is 11.3 Å². The van der Waals surface area contributed by atoms with Crippen LogP contribution in [0.1, 0.15) is 36.6 Å². The number of aromatic nitrogens is 2. The molecule has 1 aromatic heterocycles. The Labute approximate surface area is 155 Å². The number of nitrogens with one attached hydrogen (secondary N) is 2. The molecular weight excluding hydrogens is 350 g/mol. The quantitative estimate of drug-likeness (QED) is 0.863. The first-order valence-corrected chi connectivity index (χ1v) is 9.76. The summed E-state index contributed by atoms with van der Waals surface area (Å²) < 4.78 is 0. The van der Waals surface area contributed by atoms with E-state index in [1.54, 1.807) is 4.90 Å². The summed E-state index contributed by atoms with van der Waals surface area (Å²) in [5.41, 5.74) is 0.755. The van der Waals surface area contributed by atoms with Crippen LogP contribution in [0.2, 0.25) is 0 Å². The van der Waals surface area contributed by atoms with Crippen molar-refractivity contribution in [2.24, 2.45) is 5.92 Å². The van der Waals surface area contributed by atoms with Gasteiger partial charge in [-0.25, -0.2) is 4.79 Å². The van der Waals surface area contributed by atoms with Crippen LogP contribution in [-0.4, -0.2) is 40.1 Å². The van der Waals surface area contributed by atoms with Crippen LogP contribution in [0, 0.1) is 5.92 Å². The Hall–Kier alpha value is -2.48. The van der Waals surface area contributed by atoms with E-state index in [1.165, 1.54) is 11.3 Å². The van der Waals surface area contributed by atoms with Gasteiger partial charge in [0, 0.05) is 24.7 Å². The van der Waals surface area contributed by atoms with Crippen LogP contribution in [0.3, 0.4) is 0 Å². The van der Waals surface area contributed by atoms with Gasteiger partial charge in [-0.2, -0.15) is 0 Å². The number of carbonyl (C=O) groups is 2. The number of hydrogen-bond acceptors (Lipinski definition) is 5. The lowest BCUT2D eigenvalue weighted by atomic mass is 9.97. The van der Waals surface area contributed by atoms with Gasteiger partial charge >= 0.3 is 6.03 Å². The minimum Gasteiger partial charge on any atom is -0.324 e. The Bertz CT molecular complexity index is 790. The summed E-state index contributed by atoms with van der Waals surface area (Å²) in [4.78, 5) is 26.7. The molecule has 1 aromatic carbocycles. The largest absolute Gasteiger partial charge is 0.324 e. The smallest absolute Gasteiger partial charge is 0.321 e. The second kappa shape index (κ2) is 7.41. The number of anilines is 2. The van der Waals surface area contributed by atoms with E-state index < -0.39 is 0 Å². The third-order valence-corrected chi connectivity index (χ3v) is 5.70. The van der Waals surface area contributed by atoms with Gasteiger partial charge in [-0.15, -0.1) is 10.2 Å². The molecule has 2 N–H and O–H groups in total. The van der Waals surface area contributed by atoms with Crippen molar-refractivity contribution in [2.45, 2.75) is 31.6 Å². The van der Waals surface area contributed by atoms with Gasteiger partial charge in [0.15, 0.2) is 0 Å². The monoisotopic (exact) mass is 371 g/mol. The van der Waals surface area contributed by atoms with Crippen LogP contribution in [-0.2, 0) is 4.79 Å². The highest BCUT2D eigenvalue weighted by Gasteiger charge is 2.30. The Morgan fingerprint density at radius 1 is 1.08 bits per heavy atom. The van der Waals surface area contributed by atoms with Crippen molar-refractivity contribution in [1.29, 1.82) is 0 Å². The second-order valence-electron chi connectivity index (χ2n) is 6.79. The van der Waals surface area contributed by atoms with E-state index in [2.05, 4.69) is 20.8 Å². The van der Waals surface area contributed by atoms with Gasteiger partial charge < -0.3 is 15.5 Å². The molecule has 1 saturated heterocycles. The van der Waals surface area contributed by atoms with Gasteiger partial charge in [0.1, 0.15) is 5.01 Å². The third kappa shape index (κ3) is 4.01. The normalized spacial score (nSPS) is 19.8. The number of carbonyl (C=O) groups excluding carboxylic acids is 2. The van der Waals surface area contributed by atoms with Crippen LogP contribution < -0.4 is 10.6 Å². The molecule has 2 aliphatic rings. The highest BCUT2D eigenvalue weighted by Crippen LogP contribution is 2.42.